The molecule has 3 aromatic carbocycles. The highest BCUT2D eigenvalue weighted by molar-refractivity contribution is 7.92. The maximum Gasteiger partial charge on any atom is 0.306 e. The van der Waals surface area contributed by atoms with Crippen LogP contribution < -0.4 is 10.0 Å². The van der Waals surface area contributed by atoms with Crippen molar-refractivity contribution in [2.24, 2.45) is 0 Å². The Balaban J connectivity index is 1.83. The first-order valence-corrected chi connectivity index (χ1v) is 10.6. The van der Waals surface area contributed by atoms with E-state index in [-0.39, 0.29) is 31.9 Å². The molecule has 0 saturated carbocycles. The maximum atomic E-state index is 13.4. The molecule has 2 N–H and O–H groups in total. The van der Waals surface area contributed by atoms with Crippen molar-refractivity contribution >= 4 is 56.2 Å². The molecule has 0 aliphatic rings. The van der Waals surface area contributed by atoms with Crippen LogP contribution in [0.1, 0.15) is 10.4 Å². The van der Waals surface area contributed by atoms with Crippen LogP contribution in [0.5, 0.6) is 0 Å². The number of carbonyl (C=O) groups excluding carboxylic acids is 1. The maximum absolute atomic E-state index is 13.4. The SMILES string of the molecule is O=C(Nc1ccc(F)c([N+](=O)[O-])c1)c1cccc(NS(=O)(=O)c2cc(Cl)ccc2Cl)c1. The van der Waals surface area contributed by atoms with E-state index in [1.807, 2.05) is 0 Å². The third kappa shape index (κ3) is 5.29. The third-order valence-corrected chi connectivity index (χ3v) is 6.06. The average Bonchev–Trinajstić information content (AvgIpc) is 2.70. The van der Waals surface area contributed by atoms with Crippen molar-refractivity contribution in [2.45, 2.75) is 4.90 Å². The van der Waals surface area contributed by atoms with Crippen LogP contribution in [0, 0.1) is 15.9 Å². The number of benzene rings is 3. The molecule has 0 heterocycles. The number of sulfonamides is 1. The predicted octanol–water partition coefficient (Wildman–Crippen LogP) is 5.09. The summed E-state index contributed by atoms with van der Waals surface area (Å²) in [6.45, 7) is 0. The fraction of sp³-hybridized carbons (Fsp3) is 0. The molecule has 0 saturated heterocycles. The zero-order valence-electron chi connectivity index (χ0n) is 15.3. The van der Waals surface area contributed by atoms with Crippen LogP contribution in [0.25, 0.3) is 0 Å². The van der Waals surface area contributed by atoms with Gasteiger partial charge in [0.1, 0.15) is 4.90 Å². The van der Waals surface area contributed by atoms with Crippen LogP contribution in [0.4, 0.5) is 21.5 Å². The molecule has 8 nitrogen and oxygen atoms in total. The number of rotatable bonds is 6. The number of amides is 1. The molecule has 0 spiro atoms. The first-order valence-electron chi connectivity index (χ1n) is 8.40. The van der Waals surface area contributed by atoms with Crippen molar-refractivity contribution in [1.82, 2.24) is 0 Å². The smallest absolute Gasteiger partial charge is 0.306 e. The molecule has 0 aliphatic carbocycles. The molecular formula is C19H12Cl2FN3O5S. The Morgan fingerprint density at radius 1 is 1.00 bits per heavy atom. The minimum absolute atomic E-state index is 0.00482. The van der Waals surface area contributed by atoms with Crippen molar-refractivity contribution in [3.63, 3.8) is 0 Å². The molecule has 0 unspecified atom stereocenters. The number of anilines is 2. The minimum atomic E-state index is -4.10. The number of nitrogens with one attached hydrogen (secondary N) is 2. The van der Waals surface area contributed by atoms with E-state index in [1.165, 1.54) is 42.5 Å². The Morgan fingerprint density at radius 3 is 2.45 bits per heavy atom. The largest absolute Gasteiger partial charge is 0.322 e. The van der Waals surface area contributed by atoms with Crippen LogP contribution in [-0.4, -0.2) is 19.2 Å². The number of carbonyl (C=O) groups is 1. The molecule has 0 bridgehead atoms. The monoisotopic (exact) mass is 483 g/mol. The van der Waals surface area contributed by atoms with Gasteiger partial charge in [-0.15, -0.1) is 0 Å². The second-order valence-corrected chi connectivity index (χ2v) is 8.63. The van der Waals surface area contributed by atoms with Gasteiger partial charge in [0.05, 0.1) is 9.95 Å². The van der Waals surface area contributed by atoms with Gasteiger partial charge < -0.3 is 5.32 Å². The molecule has 0 aromatic heterocycles. The minimum Gasteiger partial charge on any atom is -0.322 e. The standard InChI is InChI=1S/C19H12Cl2FN3O5S/c20-12-4-6-15(21)18(9-12)31(29,30)24-14-3-1-2-11(8-14)19(26)23-13-5-7-16(22)17(10-13)25(27)28/h1-10,24H,(H,23,26). The molecule has 3 rings (SSSR count). The van der Waals surface area contributed by atoms with Gasteiger partial charge in [-0.2, -0.15) is 4.39 Å². The Kier molecular flexibility index (Phi) is 6.44. The van der Waals surface area contributed by atoms with Crippen LogP contribution >= 0.6 is 23.2 Å². The molecular weight excluding hydrogens is 472 g/mol. The summed E-state index contributed by atoms with van der Waals surface area (Å²) >= 11 is 11.8. The highest BCUT2D eigenvalue weighted by Gasteiger charge is 2.20. The van der Waals surface area contributed by atoms with Crippen LogP contribution in [0.2, 0.25) is 10.0 Å². The Hall–Kier alpha value is -3.21. The molecule has 1 amide bonds. The fourth-order valence-electron chi connectivity index (χ4n) is 2.55. The lowest BCUT2D eigenvalue weighted by Gasteiger charge is -2.11. The number of nitrogens with zero attached hydrogens (tertiary/aromatic N) is 1. The van der Waals surface area contributed by atoms with E-state index in [9.17, 15) is 27.7 Å². The Labute approximate surface area is 185 Å². The van der Waals surface area contributed by atoms with Crippen molar-refractivity contribution in [2.75, 3.05) is 10.0 Å². The van der Waals surface area contributed by atoms with Gasteiger partial charge in [-0.05, 0) is 48.5 Å². The van der Waals surface area contributed by atoms with Crippen LogP contribution in [0.15, 0.2) is 65.6 Å². The first-order chi connectivity index (χ1) is 14.6. The van der Waals surface area contributed by atoms with Crippen molar-refractivity contribution in [3.05, 3.63) is 92.2 Å². The highest BCUT2D eigenvalue weighted by Crippen LogP contribution is 2.27. The molecule has 0 atom stereocenters. The van der Waals surface area contributed by atoms with E-state index in [2.05, 4.69) is 10.0 Å². The van der Waals surface area contributed by atoms with Gasteiger partial charge in [0.2, 0.25) is 5.82 Å². The molecule has 0 radical (unpaired) electrons. The second kappa shape index (κ2) is 8.88. The number of hydrogen-bond donors (Lipinski definition) is 2. The van der Waals surface area contributed by atoms with Gasteiger partial charge in [0.15, 0.2) is 0 Å². The van der Waals surface area contributed by atoms with Gasteiger partial charge in [0.25, 0.3) is 15.9 Å². The zero-order chi connectivity index (χ0) is 22.8. The summed E-state index contributed by atoms with van der Waals surface area (Å²) in [5, 5.41) is 13.4. The molecule has 160 valence electrons. The molecule has 0 aliphatic heterocycles. The number of nitro groups is 1. The lowest BCUT2D eigenvalue weighted by atomic mass is 10.2. The van der Waals surface area contributed by atoms with E-state index in [1.54, 1.807) is 0 Å². The normalized spacial score (nSPS) is 11.1. The quantitative estimate of drug-likeness (QED) is 0.373. The number of nitro benzene ring substituents is 1. The van der Waals surface area contributed by atoms with Crippen molar-refractivity contribution in [1.29, 1.82) is 0 Å². The average molecular weight is 484 g/mol. The highest BCUT2D eigenvalue weighted by atomic mass is 35.5. The summed E-state index contributed by atoms with van der Waals surface area (Å²) in [7, 11) is -4.10. The third-order valence-electron chi connectivity index (χ3n) is 3.96. The van der Waals surface area contributed by atoms with Gasteiger partial charge in [-0.1, -0.05) is 29.3 Å². The number of halogens is 3. The first kappa shape index (κ1) is 22.5. The Bertz CT molecular complexity index is 1300. The lowest BCUT2D eigenvalue weighted by molar-refractivity contribution is -0.387. The van der Waals surface area contributed by atoms with E-state index >= 15 is 0 Å². The molecule has 12 heteroatoms. The van der Waals surface area contributed by atoms with Crippen LogP contribution in [-0.2, 0) is 10.0 Å². The van der Waals surface area contributed by atoms with Gasteiger partial charge >= 0.3 is 5.69 Å². The van der Waals surface area contributed by atoms with E-state index < -0.39 is 32.4 Å². The van der Waals surface area contributed by atoms with Crippen molar-refractivity contribution < 1.29 is 22.5 Å². The van der Waals surface area contributed by atoms with Crippen LogP contribution in [0.3, 0.4) is 0 Å². The molecule has 0 fully saturated rings. The lowest BCUT2D eigenvalue weighted by Crippen LogP contribution is -2.15. The zero-order valence-corrected chi connectivity index (χ0v) is 17.6. The van der Waals surface area contributed by atoms with Crippen molar-refractivity contribution in [3.8, 4) is 0 Å². The summed E-state index contributed by atoms with van der Waals surface area (Å²) in [6, 6.07) is 12.3. The summed E-state index contributed by atoms with van der Waals surface area (Å²) in [4.78, 5) is 22.2. The van der Waals surface area contributed by atoms with E-state index in [0.717, 1.165) is 18.2 Å². The summed E-state index contributed by atoms with van der Waals surface area (Å²) in [6.07, 6.45) is 0. The fourth-order valence-corrected chi connectivity index (χ4v) is 4.36. The van der Waals surface area contributed by atoms with Gasteiger partial charge in [-0.3, -0.25) is 19.6 Å². The van der Waals surface area contributed by atoms with Gasteiger partial charge in [-0.25, -0.2) is 8.42 Å². The summed E-state index contributed by atoms with van der Waals surface area (Å²) in [5.41, 5.74) is -0.689. The second-order valence-electron chi connectivity index (χ2n) is 6.14. The predicted molar refractivity (Wildman–Crippen MR) is 115 cm³/mol. The molecule has 3 aromatic rings. The summed E-state index contributed by atoms with van der Waals surface area (Å²) in [5.74, 6) is -1.73. The van der Waals surface area contributed by atoms with E-state index in [4.69, 9.17) is 23.2 Å². The number of hydrogen-bond acceptors (Lipinski definition) is 5. The van der Waals surface area contributed by atoms with E-state index in [0.29, 0.717) is 0 Å². The topological polar surface area (TPSA) is 118 Å². The Morgan fingerprint density at radius 2 is 1.74 bits per heavy atom. The summed E-state index contributed by atoms with van der Waals surface area (Å²) < 4.78 is 41.0. The molecule has 31 heavy (non-hydrogen) atoms. The van der Waals surface area contributed by atoms with Gasteiger partial charge in [0, 0.05) is 28.0 Å².